The molecule has 3 N–H and O–H groups in total. The summed E-state index contributed by atoms with van der Waals surface area (Å²) in [6.45, 7) is 3.72. The van der Waals surface area contributed by atoms with Gasteiger partial charge in [-0.25, -0.2) is 0 Å². The van der Waals surface area contributed by atoms with Crippen molar-refractivity contribution in [2.45, 2.75) is 31.8 Å². The fourth-order valence-electron chi connectivity index (χ4n) is 2.53. The van der Waals surface area contributed by atoms with Gasteiger partial charge in [0.15, 0.2) is 0 Å². The lowest BCUT2D eigenvalue weighted by molar-refractivity contribution is -0.122. The lowest BCUT2D eigenvalue weighted by atomic mass is 9.85. The van der Waals surface area contributed by atoms with Crippen LogP contribution < -0.4 is 11.1 Å². The highest BCUT2D eigenvalue weighted by Gasteiger charge is 2.23. The Morgan fingerprint density at radius 2 is 1.33 bits per heavy atom. The van der Waals surface area contributed by atoms with E-state index >= 15 is 0 Å². The predicted molar refractivity (Wildman–Crippen MR) is 86.0 cm³/mol. The summed E-state index contributed by atoms with van der Waals surface area (Å²) in [5.41, 5.74) is 8.01. The van der Waals surface area contributed by atoms with Crippen molar-refractivity contribution in [3.05, 3.63) is 71.8 Å². The number of carbonyl (C=O) groups is 1. The van der Waals surface area contributed by atoms with E-state index in [4.69, 9.17) is 5.73 Å². The first kappa shape index (κ1) is 15.3. The smallest absolute Gasteiger partial charge is 0.236 e. The van der Waals surface area contributed by atoms with E-state index in [0.717, 1.165) is 0 Å². The van der Waals surface area contributed by atoms with Crippen LogP contribution in [0, 0.1) is 0 Å². The highest BCUT2D eigenvalue weighted by Crippen LogP contribution is 2.27. The summed E-state index contributed by atoms with van der Waals surface area (Å²) in [6, 6.07) is 19.9. The molecule has 0 saturated heterocycles. The first-order valence-electron chi connectivity index (χ1n) is 7.25. The van der Waals surface area contributed by atoms with Gasteiger partial charge in [-0.1, -0.05) is 60.7 Å². The van der Waals surface area contributed by atoms with Crippen LogP contribution in [0.5, 0.6) is 0 Å². The molecule has 0 radical (unpaired) electrons. The van der Waals surface area contributed by atoms with Crippen LogP contribution >= 0.6 is 0 Å². The SMILES string of the molecule is CC(N)C(=O)NC(C)C(c1ccccc1)c1ccccc1. The van der Waals surface area contributed by atoms with Gasteiger partial charge in [0.05, 0.1) is 6.04 Å². The van der Waals surface area contributed by atoms with Crippen LogP contribution in [0.3, 0.4) is 0 Å². The van der Waals surface area contributed by atoms with Gasteiger partial charge < -0.3 is 11.1 Å². The molecule has 0 aromatic heterocycles. The van der Waals surface area contributed by atoms with Crippen LogP contribution in [0.15, 0.2) is 60.7 Å². The molecule has 2 aromatic carbocycles. The number of hydrogen-bond donors (Lipinski definition) is 2. The van der Waals surface area contributed by atoms with E-state index in [1.807, 2.05) is 43.3 Å². The van der Waals surface area contributed by atoms with E-state index in [1.165, 1.54) is 11.1 Å². The Labute approximate surface area is 126 Å². The minimum absolute atomic E-state index is 0.0340. The normalized spacial score (nSPS) is 13.7. The summed E-state index contributed by atoms with van der Waals surface area (Å²) in [7, 11) is 0. The highest BCUT2D eigenvalue weighted by atomic mass is 16.2. The van der Waals surface area contributed by atoms with Crippen LogP contribution in [-0.2, 0) is 4.79 Å². The number of nitrogens with two attached hydrogens (primary N) is 1. The second-order valence-corrected chi connectivity index (χ2v) is 5.38. The second-order valence-electron chi connectivity index (χ2n) is 5.38. The Hall–Kier alpha value is -2.13. The standard InChI is InChI=1S/C18H22N2O/c1-13(19)18(21)20-14(2)17(15-9-5-3-6-10-15)16-11-7-4-8-12-16/h3-14,17H,19H2,1-2H3,(H,20,21). The van der Waals surface area contributed by atoms with Gasteiger partial charge in [-0.3, -0.25) is 4.79 Å². The maximum atomic E-state index is 11.9. The van der Waals surface area contributed by atoms with Gasteiger partial charge in [-0.15, -0.1) is 0 Å². The molecule has 2 atom stereocenters. The molecule has 0 aliphatic rings. The largest absolute Gasteiger partial charge is 0.351 e. The van der Waals surface area contributed by atoms with Gasteiger partial charge in [0.25, 0.3) is 0 Å². The summed E-state index contributed by atoms with van der Waals surface area (Å²) in [6.07, 6.45) is 0. The average Bonchev–Trinajstić information content (AvgIpc) is 2.49. The van der Waals surface area contributed by atoms with Crippen LogP contribution in [0.25, 0.3) is 0 Å². The van der Waals surface area contributed by atoms with Crippen molar-refractivity contribution in [3.63, 3.8) is 0 Å². The van der Waals surface area contributed by atoms with Gasteiger partial charge in [0.1, 0.15) is 0 Å². The van der Waals surface area contributed by atoms with Gasteiger partial charge >= 0.3 is 0 Å². The number of hydrogen-bond acceptors (Lipinski definition) is 2. The first-order valence-corrected chi connectivity index (χ1v) is 7.25. The third-order valence-electron chi connectivity index (χ3n) is 3.60. The van der Waals surface area contributed by atoms with Gasteiger partial charge in [-0.2, -0.15) is 0 Å². The molecule has 0 spiro atoms. The molecule has 2 aromatic rings. The molecule has 2 unspecified atom stereocenters. The summed E-state index contributed by atoms with van der Waals surface area (Å²) in [4.78, 5) is 11.9. The van der Waals surface area contributed by atoms with Crippen LogP contribution in [-0.4, -0.2) is 18.0 Å². The molecule has 0 fully saturated rings. The van der Waals surface area contributed by atoms with Crippen molar-refractivity contribution >= 4 is 5.91 Å². The van der Waals surface area contributed by atoms with E-state index < -0.39 is 6.04 Å². The van der Waals surface area contributed by atoms with Crippen LogP contribution in [0.2, 0.25) is 0 Å². The van der Waals surface area contributed by atoms with Gasteiger partial charge in [-0.05, 0) is 25.0 Å². The fourth-order valence-corrected chi connectivity index (χ4v) is 2.53. The molecule has 110 valence electrons. The van der Waals surface area contributed by atoms with Gasteiger partial charge in [0, 0.05) is 12.0 Å². The molecule has 0 aliphatic heterocycles. The van der Waals surface area contributed by atoms with Crippen molar-refractivity contribution in [2.75, 3.05) is 0 Å². The molecular formula is C18H22N2O. The lowest BCUT2D eigenvalue weighted by Gasteiger charge is -2.26. The third-order valence-corrected chi connectivity index (χ3v) is 3.60. The van der Waals surface area contributed by atoms with E-state index in [0.29, 0.717) is 0 Å². The Morgan fingerprint density at radius 3 is 1.71 bits per heavy atom. The Kier molecular flexibility index (Phi) is 5.12. The molecule has 3 heteroatoms. The summed E-state index contributed by atoms with van der Waals surface area (Å²) in [5, 5.41) is 3.01. The monoisotopic (exact) mass is 282 g/mol. The fraction of sp³-hybridized carbons (Fsp3) is 0.278. The van der Waals surface area contributed by atoms with Crippen molar-refractivity contribution in [3.8, 4) is 0 Å². The topological polar surface area (TPSA) is 55.1 Å². The first-order chi connectivity index (χ1) is 10.1. The van der Waals surface area contributed by atoms with E-state index in [-0.39, 0.29) is 17.9 Å². The number of amides is 1. The lowest BCUT2D eigenvalue weighted by Crippen LogP contribution is -2.45. The maximum absolute atomic E-state index is 11.9. The van der Waals surface area contributed by atoms with Gasteiger partial charge in [0.2, 0.25) is 5.91 Å². The molecule has 0 heterocycles. The third kappa shape index (κ3) is 3.92. The number of rotatable bonds is 5. The van der Waals surface area contributed by atoms with Crippen molar-refractivity contribution in [1.29, 1.82) is 0 Å². The molecule has 0 bridgehead atoms. The summed E-state index contributed by atoms with van der Waals surface area (Å²) >= 11 is 0. The maximum Gasteiger partial charge on any atom is 0.236 e. The zero-order chi connectivity index (χ0) is 15.2. The highest BCUT2D eigenvalue weighted by molar-refractivity contribution is 5.81. The zero-order valence-electron chi connectivity index (χ0n) is 12.5. The van der Waals surface area contributed by atoms with E-state index in [1.54, 1.807) is 6.92 Å². The predicted octanol–water partition coefficient (Wildman–Crippen LogP) is 2.67. The zero-order valence-corrected chi connectivity index (χ0v) is 12.5. The minimum Gasteiger partial charge on any atom is -0.351 e. The van der Waals surface area contributed by atoms with Crippen LogP contribution in [0.1, 0.15) is 30.9 Å². The van der Waals surface area contributed by atoms with Crippen molar-refractivity contribution in [2.24, 2.45) is 5.73 Å². The summed E-state index contributed by atoms with van der Waals surface area (Å²) < 4.78 is 0. The Morgan fingerprint density at radius 1 is 0.905 bits per heavy atom. The van der Waals surface area contributed by atoms with Crippen LogP contribution in [0.4, 0.5) is 0 Å². The molecule has 0 aliphatic carbocycles. The minimum atomic E-state index is -0.500. The average molecular weight is 282 g/mol. The Bertz CT molecular complexity index is 527. The van der Waals surface area contributed by atoms with Crippen molar-refractivity contribution < 1.29 is 4.79 Å². The quantitative estimate of drug-likeness (QED) is 0.886. The molecular weight excluding hydrogens is 260 g/mol. The molecule has 1 amide bonds. The number of carbonyl (C=O) groups excluding carboxylic acids is 1. The number of nitrogens with one attached hydrogen (secondary N) is 1. The van der Waals surface area contributed by atoms with E-state index in [9.17, 15) is 4.79 Å². The molecule has 3 nitrogen and oxygen atoms in total. The second kappa shape index (κ2) is 7.04. The molecule has 2 rings (SSSR count). The summed E-state index contributed by atoms with van der Waals surface area (Å²) in [5.74, 6) is -0.0190. The molecule has 0 saturated carbocycles. The van der Waals surface area contributed by atoms with E-state index in [2.05, 4.69) is 29.6 Å². The molecule has 21 heavy (non-hydrogen) atoms. The Balaban J connectivity index is 2.31. The van der Waals surface area contributed by atoms with Crippen molar-refractivity contribution in [1.82, 2.24) is 5.32 Å². The number of benzene rings is 2.